The Balaban J connectivity index is 1.27. The van der Waals surface area contributed by atoms with Gasteiger partial charge in [-0.25, -0.2) is 4.98 Å². The number of hydrogen-bond donors (Lipinski definition) is 1. The van der Waals surface area contributed by atoms with Crippen molar-refractivity contribution in [1.82, 2.24) is 9.88 Å². The second-order valence-corrected chi connectivity index (χ2v) is 7.16. The topological polar surface area (TPSA) is 54.5 Å². The Morgan fingerprint density at radius 1 is 1.33 bits per heavy atom. The average molecular weight is 327 g/mol. The lowest BCUT2D eigenvalue weighted by Gasteiger charge is -2.51. The van der Waals surface area contributed by atoms with Crippen molar-refractivity contribution >= 4 is 11.7 Å². The number of pyridine rings is 1. The van der Waals surface area contributed by atoms with E-state index in [0.717, 1.165) is 57.7 Å². The number of anilines is 1. The summed E-state index contributed by atoms with van der Waals surface area (Å²) < 4.78 is 6.08. The molecule has 0 unspecified atom stereocenters. The second kappa shape index (κ2) is 6.55. The smallest absolute Gasteiger partial charge is 0.226 e. The van der Waals surface area contributed by atoms with Crippen LogP contribution >= 0.6 is 0 Å². The van der Waals surface area contributed by atoms with Gasteiger partial charge in [-0.15, -0.1) is 0 Å². The van der Waals surface area contributed by atoms with Crippen LogP contribution in [0.3, 0.4) is 0 Å². The number of amides is 1. The van der Waals surface area contributed by atoms with E-state index in [9.17, 15) is 4.79 Å². The maximum atomic E-state index is 12.5. The number of nitrogens with one attached hydrogen (secondary N) is 1. The minimum atomic E-state index is -0.0898. The summed E-state index contributed by atoms with van der Waals surface area (Å²) in [6.45, 7) is 3.27. The van der Waals surface area contributed by atoms with Gasteiger partial charge in [0.2, 0.25) is 5.91 Å². The molecule has 4 rings (SSSR count). The Morgan fingerprint density at radius 2 is 2.17 bits per heavy atom. The highest BCUT2D eigenvalue weighted by Gasteiger charge is 2.54. The molecular weight excluding hydrogens is 302 g/mol. The minimum absolute atomic E-state index is 0.0898. The molecule has 24 heavy (non-hydrogen) atoms. The van der Waals surface area contributed by atoms with Gasteiger partial charge in [0.15, 0.2) is 0 Å². The Labute approximate surface area is 143 Å². The third kappa shape index (κ3) is 2.93. The molecule has 5 nitrogen and oxygen atoms in total. The van der Waals surface area contributed by atoms with Gasteiger partial charge in [-0.1, -0.05) is 18.2 Å². The normalized spacial score (nSPS) is 25.2. The molecule has 0 aromatic carbocycles. The van der Waals surface area contributed by atoms with Crippen LogP contribution in [0.5, 0.6) is 0 Å². The number of allylic oxidation sites excluding steroid dienone is 2. The molecule has 2 saturated heterocycles. The first-order valence-electron chi connectivity index (χ1n) is 8.99. The van der Waals surface area contributed by atoms with Crippen molar-refractivity contribution in [1.29, 1.82) is 0 Å². The van der Waals surface area contributed by atoms with E-state index in [1.54, 1.807) is 6.20 Å². The molecule has 3 heterocycles. The zero-order chi connectivity index (χ0) is 16.4. The summed E-state index contributed by atoms with van der Waals surface area (Å²) in [7, 11) is 0. The molecule has 1 amide bonds. The lowest BCUT2D eigenvalue weighted by Crippen LogP contribution is -2.66. The number of hydrogen-bond acceptors (Lipinski definition) is 4. The van der Waals surface area contributed by atoms with Gasteiger partial charge in [0.25, 0.3) is 0 Å². The molecule has 128 valence electrons. The van der Waals surface area contributed by atoms with Gasteiger partial charge in [0.05, 0.1) is 13.1 Å². The highest BCUT2D eigenvalue weighted by atomic mass is 16.5. The fraction of sp³-hybridized carbons (Fsp3) is 0.579. The lowest BCUT2D eigenvalue weighted by molar-refractivity contribution is -0.168. The van der Waals surface area contributed by atoms with E-state index in [2.05, 4.69) is 22.5 Å². The molecule has 1 N–H and O–H groups in total. The summed E-state index contributed by atoms with van der Waals surface area (Å²) in [5, 5.41) is 3.38. The molecule has 3 aliphatic rings. The van der Waals surface area contributed by atoms with Crippen LogP contribution in [-0.4, -0.2) is 47.6 Å². The number of likely N-dealkylation sites (tertiary alicyclic amines) is 1. The van der Waals surface area contributed by atoms with Gasteiger partial charge in [-0.2, -0.15) is 0 Å². The van der Waals surface area contributed by atoms with Crippen LogP contribution in [-0.2, 0) is 9.53 Å². The van der Waals surface area contributed by atoms with Crippen LogP contribution in [0.15, 0.2) is 36.5 Å². The SMILES string of the molecule is O=C(C1CC=CC1)N1CC2(C1)OCC[C@@H]2CCNc1ccccn1. The summed E-state index contributed by atoms with van der Waals surface area (Å²) >= 11 is 0. The quantitative estimate of drug-likeness (QED) is 0.844. The Bertz CT molecular complexity index is 602. The maximum absolute atomic E-state index is 12.5. The van der Waals surface area contributed by atoms with E-state index in [-0.39, 0.29) is 11.5 Å². The molecule has 1 aromatic heterocycles. The first-order chi connectivity index (χ1) is 11.8. The maximum Gasteiger partial charge on any atom is 0.226 e. The zero-order valence-electron chi connectivity index (χ0n) is 14.0. The summed E-state index contributed by atoms with van der Waals surface area (Å²) in [5.74, 6) is 1.93. The van der Waals surface area contributed by atoms with Crippen LogP contribution in [0.25, 0.3) is 0 Å². The monoisotopic (exact) mass is 327 g/mol. The molecule has 2 fully saturated rings. The van der Waals surface area contributed by atoms with Gasteiger partial charge in [0, 0.05) is 25.3 Å². The third-order valence-corrected chi connectivity index (χ3v) is 5.65. The van der Waals surface area contributed by atoms with Gasteiger partial charge in [0.1, 0.15) is 11.4 Å². The Kier molecular flexibility index (Phi) is 4.27. The van der Waals surface area contributed by atoms with Crippen molar-refractivity contribution in [3.63, 3.8) is 0 Å². The lowest BCUT2D eigenvalue weighted by atomic mass is 9.78. The number of carbonyl (C=O) groups excluding carboxylic acids is 1. The number of ether oxygens (including phenoxy) is 1. The zero-order valence-corrected chi connectivity index (χ0v) is 14.0. The molecule has 2 aliphatic heterocycles. The predicted octanol–water partition coefficient (Wildman–Crippen LogP) is 2.47. The van der Waals surface area contributed by atoms with Crippen LogP contribution in [0.4, 0.5) is 5.82 Å². The second-order valence-electron chi connectivity index (χ2n) is 7.16. The fourth-order valence-corrected chi connectivity index (χ4v) is 4.22. The molecule has 0 bridgehead atoms. The Morgan fingerprint density at radius 3 is 2.92 bits per heavy atom. The number of nitrogens with zero attached hydrogens (tertiary/aromatic N) is 2. The van der Waals surface area contributed by atoms with E-state index < -0.39 is 0 Å². The van der Waals surface area contributed by atoms with Crippen molar-refractivity contribution in [2.45, 2.75) is 31.3 Å². The summed E-state index contributed by atoms with van der Waals surface area (Å²) in [4.78, 5) is 18.8. The summed E-state index contributed by atoms with van der Waals surface area (Å²) in [5.41, 5.74) is -0.0898. The molecule has 1 atom stereocenters. The van der Waals surface area contributed by atoms with Gasteiger partial charge in [-0.3, -0.25) is 4.79 Å². The number of carbonyl (C=O) groups is 1. The summed E-state index contributed by atoms with van der Waals surface area (Å²) in [6.07, 6.45) is 10.0. The minimum Gasteiger partial charge on any atom is -0.371 e. The third-order valence-electron chi connectivity index (χ3n) is 5.65. The van der Waals surface area contributed by atoms with E-state index in [1.165, 1.54) is 0 Å². The van der Waals surface area contributed by atoms with E-state index in [4.69, 9.17) is 4.74 Å². The van der Waals surface area contributed by atoms with Crippen molar-refractivity contribution in [2.24, 2.45) is 11.8 Å². The number of rotatable bonds is 5. The molecule has 5 heteroatoms. The first kappa shape index (κ1) is 15.6. The number of aromatic nitrogens is 1. The van der Waals surface area contributed by atoms with Gasteiger partial charge in [-0.05, 0) is 43.7 Å². The summed E-state index contributed by atoms with van der Waals surface area (Å²) in [6, 6.07) is 5.90. The Hall–Kier alpha value is -1.88. The van der Waals surface area contributed by atoms with Crippen LogP contribution in [0.1, 0.15) is 25.7 Å². The van der Waals surface area contributed by atoms with Gasteiger partial charge < -0.3 is 15.0 Å². The van der Waals surface area contributed by atoms with Crippen molar-refractivity contribution in [3.05, 3.63) is 36.5 Å². The fourth-order valence-electron chi connectivity index (χ4n) is 4.22. The standard InChI is InChI=1S/C19H25N3O2/c23-18(15-5-1-2-6-15)22-13-19(14-22)16(9-12-24-19)8-11-21-17-7-3-4-10-20-17/h1-4,7,10,15-16H,5-6,8-9,11-14H2,(H,20,21)/t16-/m0/s1. The van der Waals surface area contributed by atoms with Crippen molar-refractivity contribution in [3.8, 4) is 0 Å². The van der Waals surface area contributed by atoms with E-state index in [0.29, 0.717) is 11.8 Å². The van der Waals surface area contributed by atoms with Crippen LogP contribution in [0.2, 0.25) is 0 Å². The molecule has 1 spiro atoms. The van der Waals surface area contributed by atoms with Crippen LogP contribution in [0, 0.1) is 11.8 Å². The van der Waals surface area contributed by atoms with E-state index >= 15 is 0 Å². The molecule has 0 radical (unpaired) electrons. The predicted molar refractivity (Wildman–Crippen MR) is 92.6 cm³/mol. The first-order valence-corrected chi connectivity index (χ1v) is 8.99. The molecule has 1 aromatic rings. The highest BCUT2D eigenvalue weighted by molar-refractivity contribution is 5.80. The van der Waals surface area contributed by atoms with E-state index in [1.807, 2.05) is 23.1 Å². The van der Waals surface area contributed by atoms with Crippen molar-refractivity contribution in [2.75, 3.05) is 31.6 Å². The molecular formula is C19H25N3O2. The average Bonchev–Trinajstić information content (AvgIpc) is 3.24. The molecule has 1 aliphatic carbocycles. The molecule has 0 saturated carbocycles. The highest BCUT2D eigenvalue weighted by Crippen LogP contribution is 2.42. The van der Waals surface area contributed by atoms with Crippen LogP contribution < -0.4 is 5.32 Å². The van der Waals surface area contributed by atoms with Gasteiger partial charge >= 0.3 is 0 Å². The van der Waals surface area contributed by atoms with Crippen molar-refractivity contribution < 1.29 is 9.53 Å². The largest absolute Gasteiger partial charge is 0.371 e.